The van der Waals surface area contributed by atoms with Crippen LogP contribution in [0.15, 0.2) is 72.8 Å². The summed E-state index contributed by atoms with van der Waals surface area (Å²) in [5, 5.41) is 0. The van der Waals surface area contributed by atoms with Crippen LogP contribution < -0.4 is 27.8 Å². The van der Waals surface area contributed by atoms with Gasteiger partial charge in [0.25, 0.3) is 0 Å². The van der Waals surface area contributed by atoms with E-state index >= 15 is 0 Å². The first-order valence-corrected chi connectivity index (χ1v) is 10.1. The highest BCUT2D eigenvalue weighted by Crippen LogP contribution is 2.50. The molecule has 3 rings (SSSR count). The van der Waals surface area contributed by atoms with Crippen LogP contribution in [0.1, 0.15) is 0 Å². The van der Waals surface area contributed by atoms with E-state index in [2.05, 4.69) is 0 Å². The molecule has 3 aromatic carbocycles. The number of hydrogen-bond acceptors (Lipinski definition) is 7. The van der Waals surface area contributed by atoms with E-state index < -0.39 is 7.82 Å². The highest BCUT2D eigenvalue weighted by Gasteiger charge is 2.33. The van der Waals surface area contributed by atoms with Gasteiger partial charge < -0.3 is 27.8 Å². The molecule has 0 radical (unpaired) electrons. The molecule has 152 valence electrons. The maximum atomic E-state index is 13.4. The van der Waals surface area contributed by atoms with Crippen molar-refractivity contribution in [3.05, 3.63) is 72.8 Å². The van der Waals surface area contributed by atoms with E-state index in [0.717, 1.165) is 0 Å². The second-order valence-corrected chi connectivity index (χ2v) is 7.19. The van der Waals surface area contributed by atoms with E-state index in [-0.39, 0.29) is 0 Å². The van der Waals surface area contributed by atoms with Crippen molar-refractivity contribution in [3.63, 3.8) is 0 Å². The third-order valence-electron chi connectivity index (χ3n) is 3.83. The second kappa shape index (κ2) is 9.26. The highest BCUT2D eigenvalue weighted by atomic mass is 31.2. The number of phosphoric acid groups is 1. The standard InChI is InChI=1S/C21H21O7P/c1-23-16-4-10-19(11-5-16)26-29(22,27-20-12-6-17(24-2)7-13-20)28-21-14-8-18(25-3)9-15-21/h4-15H,1-3H3. The van der Waals surface area contributed by atoms with Crippen molar-refractivity contribution in [2.45, 2.75) is 0 Å². The van der Waals surface area contributed by atoms with Gasteiger partial charge in [0.1, 0.15) is 34.5 Å². The van der Waals surface area contributed by atoms with Crippen molar-refractivity contribution >= 4 is 7.82 Å². The van der Waals surface area contributed by atoms with Crippen molar-refractivity contribution in [3.8, 4) is 34.5 Å². The van der Waals surface area contributed by atoms with Crippen LogP contribution in [0.4, 0.5) is 0 Å². The van der Waals surface area contributed by atoms with E-state index in [1.54, 1.807) is 94.1 Å². The molecule has 0 bridgehead atoms. The lowest BCUT2D eigenvalue weighted by Gasteiger charge is -2.19. The summed E-state index contributed by atoms with van der Waals surface area (Å²) in [5.41, 5.74) is 0. The predicted octanol–water partition coefficient (Wildman–Crippen LogP) is 5.36. The summed E-state index contributed by atoms with van der Waals surface area (Å²) in [7, 11) is 0.589. The molecule has 0 saturated carbocycles. The average Bonchev–Trinajstić information content (AvgIpc) is 2.75. The second-order valence-electron chi connectivity index (χ2n) is 5.75. The van der Waals surface area contributed by atoms with Crippen molar-refractivity contribution in [1.29, 1.82) is 0 Å². The fraction of sp³-hybridized carbons (Fsp3) is 0.143. The zero-order chi connectivity index (χ0) is 20.7. The van der Waals surface area contributed by atoms with Gasteiger partial charge in [0.2, 0.25) is 0 Å². The van der Waals surface area contributed by atoms with Crippen LogP contribution in [0, 0.1) is 0 Å². The Hall–Kier alpha value is -3.31. The van der Waals surface area contributed by atoms with Crippen LogP contribution in [0.5, 0.6) is 34.5 Å². The van der Waals surface area contributed by atoms with Gasteiger partial charge in [-0.2, -0.15) is 4.57 Å². The molecule has 0 aliphatic rings. The molecule has 8 heteroatoms. The molecular formula is C21H21O7P. The Morgan fingerprint density at radius 1 is 0.448 bits per heavy atom. The first-order chi connectivity index (χ1) is 14.0. The smallest absolute Gasteiger partial charge is 0.497 e. The number of phosphoric ester groups is 1. The zero-order valence-corrected chi connectivity index (χ0v) is 17.1. The van der Waals surface area contributed by atoms with Crippen molar-refractivity contribution in [1.82, 2.24) is 0 Å². The molecule has 0 spiro atoms. The monoisotopic (exact) mass is 416 g/mol. The third kappa shape index (κ3) is 5.59. The molecule has 0 saturated heterocycles. The molecule has 0 aliphatic heterocycles. The maximum Gasteiger partial charge on any atom is 0.647 e. The lowest BCUT2D eigenvalue weighted by atomic mass is 10.3. The Morgan fingerprint density at radius 2 is 0.655 bits per heavy atom. The Bertz CT molecular complexity index is 827. The molecule has 0 unspecified atom stereocenters. The molecule has 29 heavy (non-hydrogen) atoms. The van der Waals surface area contributed by atoms with E-state index in [1.165, 1.54) is 0 Å². The Balaban J connectivity index is 1.85. The zero-order valence-electron chi connectivity index (χ0n) is 16.2. The molecule has 0 aromatic heterocycles. The summed E-state index contributed by atoms with van der Waals surface area (Å²) in [6, 6.07) is 19.8. The largest absolute Gasteiger partial charge is 0.647 e. The van der Waals surface area contributed by atoms with Gasteiger partial charge in [-0.15, -0.1) is 0 Å². The third-order valence-corrected chi connectivity index (χ3v) is 5.13. The molecule has 7 nitrogen and oxygen atoms in total. The normalized spacial score (nSPS) is 10.7. The van der Waals surface area contributed by atoms with Crippen molar-refractivity contribution in [2.24, 2.45) is 0 Å². The minimum Gasteiger partial charge on any atom is -0.497 e. The van der Waals surface area contributed by atoms with Gasteiger partial charge in [-0.3, -0.25) is 0 Å². The molecule has 0 atom stereocenters. The summed E-state index contributed by atoms with van der Waals surface area (Å²) in [6.07, 6.45) is 0. The van der Waals surface area contributed by atoms with Gasteiger partial charge in [0, 0.05) is 0 Å². The number of benzene rings is 3. The quantitative estimate of drug-likeness (QED) is 0.435. The molecule has 0 amide bonds. The van der Waals surface area contributed by atoms with Gasteiger partial charge in [-0.1, -0.05) is 0 Å². The van der Waals surface area contributed by atoms with Crippen molar-refractivity contribution in [2.75, 3.05) is 21.3 Å². The van der Waals surface area contributed by atoms with Gasteiger partial charge >= 0.3 is 7.82 Å². The molecule has 0 fully saturated rings. The lowest BCUT2D eigenvalue weighted by molar-refractivity contribution is 0.297. The first kappa shape index (κ1) is 20.4. The minimum absolute atomic E-state index is 0.302. The Morgan fingerprint density at radius 3 is 0.862 bits per heavy atom. The summed E-state index contributed by atoms with van der Waals surface area (Å²) < 4.78 is 45.6. The van der Waals surface area contributed by atoms with Crippen LogP contribution in [-0.4, -0.2) is 21.3 Å². The van der Waals surface area contributed by atoms with Gasteiger partial charge in [-0.25, -0.2) is 0 Å². The van der Waals surface area contributed by atoms with Crippen LogP contribution in [0.25, 0.3) is 0 Å². The molecule has 0 N–H and O–H groups in total. The fourth-order valence-electron chi connectivity index (χ4n) is 2.35. The number of ether oxygens (including phenoxy) is 3. The fourth-order valence-corrected chi connectivity index (χ4v) is 3.60. The average molecular weight is 416 g/mol. The van der Waals surface area contributed by atoms with Gasteiger partial charge in [0.15, 0.2) is 0 Å². The summed E-state index contributed by atoms with van der Waals surface area (Å²) >= 11 is 0. The summed E-state index contributed by atoms with van der Waals surface area (Å²) in [4.78, 5) is 0. The topological polar surface area (TPSA) is 72.5 Å². The van der Waals surface area contributed by atoms with E-state index in [4.69, 9.17) is 27.8 Å². The molecule has 3 aromatic rings. The number of hydrogen-bond donors (Lipinski definition) is 0. The predicted molar refractivity (Wildman–Crippen MR) is 108 cm³/mol. The first-order valence-electron chi connectivity index (χ1n) is 8.64. The lowest BCUT2D eigenvalue weighted by Crippen LogP contribution is -2.07. The Labute approximate surface area is 169 Å². The van der Waals surface area contributed by atoms with E-state index in [9.17, 15) is 4.57 Å². The van der Waals surface area contributed by atoms with Crippen LogP contribution in [0.3, 0.4) is 0 Å². The minimum atomic E-state index is -4.08. The Kier molecular flexibility index (Phi) is 6.52. The molecular weight excluding hydrogens is 395 g/mol. The highest BCUT2D eigenvalue weighted by molar-refractivity contribution is 7.49. The number of methoxy groups -OCH3 is 3. The number of rotatable bonds is 9. The molecule has 0 heterocycles. The van der Waals surface area contributed by atoms with Crippen LogP contribution in [0.2, 0.25) is 0 Å². The van der Waals surface area contributed by atoms with Gasteiger partial charge in [-0.05, 0) is 72.8 Å². The SMILES string of the molecule is COc1ccc(OP(=O)(Oc2ccc(OC)cc2)Oc2ccc(OC)cc2)cc1. The van der Waals surface area contributed by atoms with Crippen molar-refractivity contribution < 1.29 is 32.3 Å². The van der Waals surface area contributed by atoms with Crippen LogP contribution in [-0.2, 0) is 4.57 Å². The van der Waals surface area contributed by atoms with E-state index in [1.807, 2.05) is 0 Å². The molecule has 0 aliphatic carbocycles. The van der Waals surface area contributed by atoms with E-state index in [0.29, 0.717) is 34.5 Å². The van der Waals surface area contributed by atoms with Gasteiger partial charge in [0.05, 0.1) is 21.3 Å². The maximum absolute atomic E-state index is 13.4. The summed E-state index contributed by atoms with van der Waals surface area (Å²) in [6.45, 7) is 0. The summed E-state index contributed by atoms with van der Waals surface area (Å²) in [5.74, 6) is 2.82. The van der Waals surface area contributed by atoms with Crippen LogP contribution >= 0.6 is 7.82 Å².